The van der Waals surface area contributed by atoms with Gasteiger partial charge in [-0.05, 0) is 67.0 Å². The molecule has 2 unspecified atom stereocenters. The molecule has 3 rings (SSSR count). The van der Waals surface area contributed by atoms with Crippen LogP contribution in [0.4, 0.5) is 0 Å². The van der Waals surface area contributed by atoms with Gasteiger partial charge in [-0.3, -0.25) is 0 Å². The molecule has 0 spiro atoms. The van der Waals surface area contributed by atoms with E-state index < -0.39 is 0 Å². The molecule has 23 heavy (non-hydrogen) atoms. The lowest BCUT2D eigenvalue weighted by Gasteiger charge is -2.25. The van der Waals surface area contributed by atoms with Crippen LogP contribution in [0.25, 0.3) is 5.57 Å². The summed E-state index contributed by atoms with van der Waals surface area (Å²) in [6.07, 6.45) is 13.5. The Hall–Kier alpha value is -2.02. The fourth-order valence-corrected chi connectivity index (χ4v) is 3.61. The molecule has 1 aromatic rings. The Morgan fingerprint density at radius 1 is 1.22 bits per heavy atom. The normalized spacial score (nSPS) is 23.7. The van der Waals surface area contributed by atoms with Crippen LogP contribution >= 0.6 is 0 Å². The Bertz CT molecular complexity index is 715. The van der Waals surface area contributed by atoms with Crippen LogP contribution in [0.3, 0.4) is 0 Å². The topological polar surface area (TPSA) is 12.0 Å². The maximum atomic E-state index is 3.63. The number of aryl methyl sites for hydroxylation is 1. The summed E-state index contributed by atoms with van der Waals surface area (Å²) in [6.45, 7) is 8.86. The summed E-state index contributed by atoms with van der Waals surface area (Å²) < 4.78 is 0. The van der Waals surface area contributed by atoms with E-state index in [0.717, 1.165) is 12.8 Å². The largest absolute Gasteiger partial charge is 0.378 e. The van der Waals surface area contributed by atoms with E-state index in [2.05, 4.69) is 81.6 Å². The number of benzene rings is 1. The third kappa shape index (κ3) is 3.50. The Morgan fingerprint density at radius 2 is 2.04 bits per heavy atom. The average molecular weight is 305 g/mol. The van der Waals surface area contributed by atoms with E-state index in [-0.39, 0.29) is 6.04 Å². The third-order valence-electron chi connectivity index (χ3n) is 4.77. The van der Waals surface area contributed by atoms with Crippen LogP contribution in [0.15, 0.2) is 59.8 Å². The van der Waals surface area contributed by atoms with E-state index in [0.29, 0.717) is 5.92 Å². The van der Waals surface area contributed by atoms with Gasteiger partial charge in [-0.25, -0.2) is 0 Å². The van der Waals surface area contributed by atoms with Crippen molar-refractivity contribution < 1.29 is 0 Å². The summed E-state index contributed by atoms with van der Waals surface area (Å²) in [7, 11) is 0. The number of hydrogen-bond acceptors (Lipinski definition) is 1. The van der Waals surface area contributed by atoms with Gasteiger partial charge >= 0.3 is 0 Å². The van der Waals surface area contributed by atoms with Gasteiger partial charge in [0.1, 0.15) is 0 Å². The Balaban J connectivity index is 1.99. The van der Waals surface area contributed by atoms with Crippen molar-refractivity contribution in [1.82, 2.24) is 5.32 Å². The maximum absolute atomic E-state index is 3.63. The first-order valence-electron chi connectivity index (χ1n) is 8.70. The predicted octanol–water partition coefficient (Wildman–Crippen LogP) is 5.72. The molecular formula is C22H27N. The van der Waals surface area contributed by atoms with Crippen LogP contribution < -0.4 is 5.32 Å². The van der Waals surface area contributed by atoms with Gasteiger partial charge in [0, 0.05) is 5.70 Å². The molecule has 0 amide bonds. The van der Waals surface area contributed by atoms with E-state index in [1.165, 1.54) is 33.5 Å². The summed E-state index contributed by atoms with van der Waals surface area (Å²) in [5.74, 6) is 0.629. The molecule has 0 aromatic heterocycles. The van der Waals surface area contributed by atoms with E-state index in [4.69, 9.17) is 0 Å². The molecule has 1 heteroatoms. The van der Waals surface area contributed by atoms with Gasteiger partial charge in [0.05, 0.1) is 6.04 Å². The molecule has 0 radical (unpaired) electrons. The average Bonchev–Trinajstić information content (AvgIpc) is 2.53. The van der Waals surface area contributed by atoms with Gasteiger partial charge in [-0.2, -0.15) is 0 Å². The first-order chi connectivity index (χ1) is 11.1. The fourth-order valence-electron chi connectivity index (χ4n) is 3.61. The van der Waals surface area contributed by atoms with Crippen molar-refractivity contribution >= 4 is 5.57 Å². The lowest BCUT2D eigenvalue weighted by Crippen LogP contribution is -2.22. The minimum atomic E-state index is 0.284. The number of allylic oxidation sites excluding steroid dienone is 7. The minimum Gasteiger partial charge on any atom is -0.378 e. The molecule has 1 aromatic carbocycles. The van der Waals surface area contributed by atoms with Gasteiger partial charge < -0.3 is 5.32 Å². The fraction of sp³-hybridized carbons (Fsp3) is 0.364. The zero-order valence-electron chi connectivity index (χ0n) is 14.7. The molecule has 0 fully saturated rings. The smallest absolute Gasteiger partial charge is 0.0703 e. The number of nitrogens with one attached hydrogen (secondary N) is 1. The molecule has 1 N–H and O–H groups in total. The third-order valence-corrected chi connectivity index (χ3v) is 4.77. The van der Waals surface area contributed by atoms with Crippen LogP contribution in [0.2, 0.25) is 0 Å². The second kappa shape index (κ2) is 6.62. The second-order valence-corrected chi connectivity index (χ2v) is 6.89. The van der Waals surface area contributed by atoms with Crippen molar-refractivity contribution in [1.29, 1.82) is 0 Å². The van der Waals surface area contributed by atoms with Crippen molar-refractivity contribution in [2.45, 2.75) is 46.6 Å². The van der Waals surface area contributed by atoms with Crippen molar-refractivity contribution in [3.8, 4) is 0 Å². The van der Waals surface area contributed by atoms with Crippen molar-refractivity contribution in [3.05, 3.63) is 76.5 Å². The number of dihydropyridines is 1. The van der Waals surface area contributed by atoms with Crippen LogP contribution in [-0.4, -0.2) is 0 Å². The first-order valence-corrected chi connectivity index (χ1v) is 8.70. The monoisotopic (exact) mass is 305 g/mol. The Morgan fingerprint density at radius 3 is 2.74 bits per heavy atom. The molecule has 0 bridgehead atoms. The zero-order valence-corrected chi connectivity index (χ0v) is 14.7. The summed E-state index contributed by atoms with van der Waals surface area (Å²) in [6, 6.07) is 7.29. The van der Waals surface area contributed by atoms with Gasteiger partial charge in [0.15, 0.2) is 0 Å². The summed E-state index contributed by atoms with van der Waals surface area (Å²) in [5.41, 5.74) is 8.26. The molecule has 120 valence electrons. The standard InChI is InChI=1S/C22H27N/c1-5-18-9-10-20(19-8-6-7-15(2)12-19)14-21(18)22-13-16(3)11-17(4)23-22/h6-11,13-15,22-23H,5,12H2,1-4H3. The highest BCUT2D eigenvalue weighted by atomic mass is 14.9. The summed E-state index contributed by atoms with van der Waals surface area (Å²) in [4.78, 5) is 0. The maximum Gasteiger partial charge on any atom is 0.0703 e. The Kier molecular flexibility index (Phi) is 4.56. The summed E-state index contributed by atoms with van der Waals surface area (Å²) in [5, 5.41) is 3.63. The molecule has 0 saturated heterocycles. The van der Waals surface area contributed by atoms with Gasteiger partial charge in [-0.15, -0.1) is 0 Å². The number of hydrogen-bond donors (Lipinski definition) is 1. The lowest BCUT2D eigenvalue weighted by atomic mass is 9.87. The molecule has 2 atom stereocenters. The van der Waals surface area contributed by atoms with Crippen LogP contribution in [-0.2, 0) is 6.42 Å². The predicted molar refractivity (Wildman–Crippen MR) is 100 cm³/mol. The molecule has 1 aliphatic carbocycles. The molecule has 0 saturated carbocycles. The van der Waals surface area contributed by atoms with Gasteiger partial charge in [0.2, 0.25) is 0 Å². The van der Waals surface area contributed by atoms with E-state index in [1.807, 2.05) is 0 Å². The van der Waals surface area contributed by atoms with Crippen molar-refractivity contribution in [2.24, 2.45) is 5.92 Å². The molecular weight excluding hydrogens is 278 g/mol. The highest BCUT2D eigenvalue weighted by Crippen LogP contribution is 2.32. The van der Waals surface area contributed by atoms with Crippen molar-refractivity contribution in [3.63, 3.8) is 0 Å². The lowest BCUT2D eigenvalue weighted by molar-refractivity contribution is 0.689. The molecule has 1 aliphatic heterocycles. The van der Waals surface area contributed by atoms with Gasteiger partial charge in [0.25, 0.3) is 0 Å². The summed E-state index contributed by atoms with van der Waals surface area (Å²) >= 11 is 0. The van der Waals surface area contributed by atoms with E-state index in [1.54, 1.807) is 0 Å². The minimum absolute atomic E-state index is 0.284. The van der Waals surface area contributed by atoms with Crippen LogP contribution in [0, 0.1) is 5.92 Å². The highest BCUT2D eigenvalue weighted by Gasteiger charge is 2.17. The van der Waals surface area contributed by atoms with Gasteiger partial charge in [-0.1, -0.05) is 55.9 Å². The Labute approximate surface area is 140 Å². The van der Waals surface area contributed by atoms with E-state index in [9.17, 15) is 0 Å². The SMILES string of the molecule is CCc1ccc(C2=CC=CC(C)C2)cc1C1C=C(C)C=C(C)N1. The van der Waals surface area contributed by atoms with Crippen LogP contribution in [0.1, 0.15) is 56.8 Å². The first kappa shape index (κ1) is 15.9. The quantitative estimate of drug-likeness (QED) is 0.752. The van der Waals surface area contributed by atoms with E-state index >= 15 is 0 Å². The number of rotatable bonds is 3. The van der Waals surface area contributed by atoms with Crippen molar-refractivity contribution in [2.75, 3.05) is 0 Å². The zero-order chi connectivity index (χ0) is 16.4. The molecule has 1 nitrogen and oxygen atoms in total. The van der Waals surface area contributed by atoms with Crippen LogP contribution in [0.5, 0.6) is 0 Å². The molecule has 2 aliphatic rings. The molecule has 1 heterocycles. The second-order valence-electron chi connectivity index (χ2n) is 6.89. The highest BCUT2D eigenvalue weighted by molar-refractivity contribution is 5.69.